The van der Waals surface area contributed by atoms with E-state index in [1.54, 1.807) is 49.8 Å². The van der Waals surface area contributed by atoms with Gasteiger partial charge in [0.15, 0.2) is 0 Å². The zero-order valence-electron chi connectivity index (χ0n) is 15.3. The number of hydrogen-bond donors (Lipinski definition) is 1. The molecule has 0 spiro atoms. The Morgan fingerprint density at radius 1 is 1.04 bits per heavy atom. The first-order chi connectivity index (χ1) is 13.0. The maximum atomic E-state index is 12.5. The topological polar surface area (TPSA) is 75.2 Å². The van der Waals surface area contributed by atoms with Gasteiger partial charge in [-0.2, -0.15) is 0 Å². The molecule has 0 saturated heterocycles. The summed E-state index contributed by atoms with van der Waals surface area (Å²) in [6.45, 7) is 2.59. The van der Waals surface area contributed by atoms with Gasteiger partial charge in [-0.05, 0) is 54.8 Å². The van der Waals surface area contributed by atoms with Crippen LogP contribution in [-0.2, 0) is 16.4 Å². The Labute approximate surface area is 160 Å². The van der Waals surface area contributed by atoms with Crippen LogP contribution in [0.5, 0.6) is 0 Å². The van der Waals surface area contributed by atoms with Crippen LogP contribution in [0.2, 0.25) is 0 Å². The first-order valence-electron chi connectivity index (χ1n) is 8.60. The van der Waals surface area contributed by atoms with Gasteiger partial charge in [-0.3, -0.25) is 9.71 Å². The first kappa shape index (κ1) is 18.8. The average molecular weight is 382 g/mol. The molecular formula is C20H22N4O2S. The lowest BCUT2D eigenvalue weighted by Gasteiger charge is -2.19. The van der Waals surface area contributed by atoms with Crippen LogP contribution in [0.1, 0.15) is 11.1 Å². The van der Waals surface area contributed by atoms with E-state index < -0.39 is 10.0 Å². The molecule has 0 aliphatic heterocycles. The predicted octanol–water partition coefficient (Wildman–Crippen LogP) is 3.26. The maximum absolute atomic E-state index is 12.5. The Balaban J connectivity index is 1.65. The van der Waals surface area contributed by atoms with Crippen LogP contribution in [-0.4, -0.2) is 32.0 Å². The standard InChI is InChI=1S/C20H22N4O2S/c1-16-5-3-4-6-19(16)27(25,26)23-20-8-7-18(15-22-20)24(2)14-11-17-9-12-21-13-10-17/h3-10,12-13,15H,11,14H2,1-2H3,(H,22,23). The molecule has 0 fully saturated rings. The molecule has 0 aliphatic carbocycles. The molecule has 0 atom stereocenters. The van der Waals surface area contributed by atoms with Crippen molar-refractivity contribution in [2.45, 2.75) is 18.2 Å². The smallest absolute Gasteiger partial charge is 0.263 e. The molecule has 0 unspecified atom stereocenters. The van der Waals surface area contributed by atoms with Crippen LogP contribution < -0.4 is 9.62 Å². The van der Waals surface area contributed by atoms with E-state index in [2.05, 4.69) is 19.6 Å². The van der Waals surface area contributed by atoms with Crippen LogP contribution in [0.4, 0.5) is 11.5 Å². The van der Waals surface area contributed by atoms with Crippen molar-refractivity contribution in [2.24, 2.45) is 0 Å². The van der Waals surface area contributed by atoms with Crippen LogP contribution in [0.25, 0.3) is 0 Å². The summed E-state index contributed by atoms with van der Waals surface area (Å²) in [5.41, 5.74) is 2.83. The normalized spacial score (nSPS) is 11.2. The summed E-state index contributed by atoms with van der Waals surface area (Å²) >= 11 is 0. The fourth-order valence-corrected chi connectivity index (χ4v) is 3.95. The third kappa shape index (κ3) is 4.83. The summed E-state index contributed by atoms with van der Waals surface area (Å²) in [7, 11) is -1.67. The summed E-state index contributed by atoms with van der Waals surface area (Å²) < 4.78 is 27.6. The minimum Gasteiger partial charge on any atom is -0.373 e. The van der Waals surface area contributed by atoms with Crippen molar-refractivity contribution >= 4 is 21.5 Å². The highest BCUT2D eigenvalue weighted by molar-refractivity contribution is 7.92. The number of nitrogens with zero attached hydrogens (tertiary/aromatic N) is 3. The van der Waals surface area contributed by atoms with Gasteiger partial charge in [0.1, 0.15) is 5.82 Å². The van der Waals surface area contributed by atoms with E-state index in [-0.39, 0.29) is 4.90 Å². The Morgan fingerprint density at radius 3 is 2.44 bits per heavy atom. The molecular weight excluding hydrogens is 360 g/mol. The van der Waals surface area contributed by atoms with Gasteiger partial charge in [0.2, 0.25) is 0 Å². The Morgan fingerprint density at radius 2 is 1.78 bits per heavy atom. The Bertz CT molecular complexity index is 990. The van der Waals surface area contributed by atoms with Crippen molar-refractivity contribution in [3.8, 4) is 0 Å². The lowest BCUT2D eigenvalue weighted by molar-refractivity contribution is 0.600. The van der Waals surface area contributed by atoms with Gasteiger partial charge in [0, 0.05) is 26.0 Å². The number of benzene rings is 1. The number of sulfonamides is 1. The zero-order chi connectivity index (χ0) is 19.3. The van der Waals surface area contributed by atoms with E-state index in [4.69, 9.17) is 0 Å². The fourth-order valence-electron chi connectivity index (χ4n) is 2.70. The molecule has 3 rings (SSSR count). The molecule has 6 nitrogen and oxygen atoms in total. The SMILES string of the molecule is Cc1ccccc1S(=O)(=O)Nc1ccc(N(C)CCc2ccncc2)cn1. The number of likely N-dealkylation sites (N-methyl/N-ethyl adjacent to an activating group) is 1. The Kier molecular flexibility index (Phi) is 5.71. The second kappa shape index (κ2) is 8.18. The van der Waals surface area contributed by atoms with E-state index in [1.165, 1.54) is 5.56 Å². The zero-order valence-corrected chi connectivity index (χ0v) is 16.1. The van der Waals surface area contributed by atoms with Gasteiger partial charge in [0.05, 0.1) is 16.8 Å². The number of rotatable bonds is 7. The quantitative estimate of drug-likeness (QED) is 0.679. The molecule has 0 amide bonds. The van der Waals surface area contributed by atoms with Gasteiger partial charge >= 0.3 is 0 Å². The molecule has 2 heterocycles. The van der Waals surface area contributed by atoms with Crippen molar-refractivity contribution in [3.63, 3.8) is 0 Å². The highest BCUT2D eigenvalue weighted by Crippen LogP contribution is 2.20. The van der Waals surface area contributed by atoms with Crippen LogP contribution in [0, 0.1) is 6.92 Å². The van der Waals surface area contributed by atoms with Crippen molar-refractivity contribution in [3.05, 3.63) is 78.2 Å². The van der Waals surface area contributed by atoms with Crippen molar-refractivity contribution < 1.29 is 8.42 Å². The lowest BCUT2D eigenvalue weighted by atomic mass is 10.2. The minimum atomic E-state index is -3.66. The number of pyridine rings is 2. The number of hydrogen-bond acceptors (Lipinski definition) is 5. The number of nitrogens with one attached hydrogen (secondary N) is 1. The minimum absolute atomic E-state index is 0.255. The monoisotopic (exact) mass is 382 g/mol. The van der Waals surface area contributed by atoms with Crippen LogP contribution >= 0.6 is 0 Å². The maximum Gasteiger partial charge on any atom is 0.263 e. The molecule has 2 aromatic heterocycles. The molecule has 0 aliphatic rings. The number of aryl methyl sites for hydroxylation is 1. The second-order valence-electron chi connectivity index (χ2n) is 6.30. The van der Waals surface area contributed by atoms with E-state index in [0.717, 1.165) is 18.7 Å². The van der Waals surface area contributed by atoms with Crippen molar-refractivity contribution in [1.29, 1.82) is 0 Å². The summed E-state index contributed by atoms with van der Waals surface area (Å²) in [6, 6.07) is 14.4. The lowest BCUT2D eigenvalue weighted by Crippen LogP contribution is -2.20. The fraction of sp³-hybridized carbons (Fsp3) is 0.200. The van der Waals surface area contributed by atoms with Gasteiger partial charge in [-0.25, -0.2) is 13.4 Å². The third-order valence-corrected chi connectivity index (χ3v) is 5.81. The molecule has 0 saturated carbocycles. The van der Waals surface area contributed by atoms with E-state index >= 15 is 0 Å². The highest BCUT2D eigenvalue weighted by Gasteiger charge is 2.17. The summed E-state index contributed by atoms with van der Waals surface area (Å²) in [4.78, 5) is 10.6. The summed E-state index contributed by atoms with van der Waals surface area (Å²) in [6.07, 6.45) is 6.13. The number of anilines is 2. The molecule has 27 heavy (non-hydrogen) atoms. The van der Waals surface area contributed by atoms with Gasteiger partial charge in [0.25, 0.3) is 10.0 Å². The van der Waals surface area contributed by atoms with Gasteiger partial charge in [-0.1, -0.05) is 18.2 Å². The van der Waals surface area contributed by atoms with E-state index in [0.29, 0.717) is 11.4 Å². The summed E-state index contributed by atoms with van der Waals surface area (Å²) in [5.74, 6) is 0.296. The molecule has 1 N–H and O–H groups in total. The van der Waals surface area contributed by atoms with Gasteiger partial charge in [-0.15, -0.1) is 0 Å². The first-order valence-corrected chi connectivity index (χ1v) is 10.1. The van der Waals surface area contributed by atoms with Crippen molar-refractivity contribution in [2.75, 3.05) is 23.2 Å². The largest absolute Gasteiger partial charge is 0.373 e. The molecule has 0 radical (unpaired) electrons. The Hall–Kier alpha value is -2.93. The molecule has 7 heteroatoms. The second-order valence-corrected chi connectivity index (χ2v) is 7.95. The molecule has 0 bridgehead atoms. The van der Waals surface area contributed by atoms with Crippen molar-refractivity contribution in [1.82, 2.24) is 9.97 Å². The van der Waals surface area contributed by atoms with E-state index in [9.17, 15) is 8.42 Å². The molecule has 1 aromatic carbocycles. The average Bonchev–Trinajstić information content (AvgIpc) is 2.67. The van der Waals surface area contributed by atoms with Gasteiger partial charge < -0.3 is 4.90 Å². The summed E-state index contributed by atoms with van der Waals surface area (Å²) in [5, 5.41) is 0. The third-order valence-electron chi connectivity index (χ3n) is 4.30. The molecule has 140 valence electrons. The van der Waals surface area contributed by atoms with Crippen LogP contribution in [0.15, 0.2) is 72.0 Å². The molecule has 3 aromatic rings. The number of aromatic nitrogens is 2. The highest BCUT2D eigenvalue weighted by atomic mass is 32.2. The predicted molar refractivity (Wildman–Crippen MR) is 107 cm³/mol. The van der Waals surface area contributed by atoms with E-state index in [1.807, 2.05) is 31.3 Å². The van der Waals surface area contributed by atoms with Crippen LogP contribution in [0.3, 0.4) is 0 Å².